The molecule has 150 valence electrons. The third kappa shape index (κ3) is 4.49. The Morgan fingerprint density at radius 2 is 1.86 bits per heavy atom. The molecule has 28 heavy (non-hydrogen) atoms. The molecule has 0 atom stereocenters. The molecule has 1 aliphatic rings. The van der Waals surface area contributed by atoms with Gasteiger partial charge in [0.1, 0.15) is 4.83 Å². The van der Waals surface area contributed by atoms with E-state index in [4.69, 9.17) is 16.3 Å². The minimum atomic E-state index is -0.00539. The molecule has 0 N–H and O–H groups in total. The van der Waals surface area contributed by atoms with Crippen molar-refractivity contribution >= 4 is 38.9 Å². The van der Waals surface area contributed by atoms with Crippen LogP contribution in [0.2, 0.25) is 5.02 Å². The molecule has 0 saturated carbocycles. The van der Waals surface area contributed by atoms with Gasteiger partial charge in [0.2, 0.25) is 5.78 Å². The number of aryl methyl sites for hydroxylation is 1. The summed E-state index contributed by atoms with van der Waals surface area (Å²) in [6.45, 7) is 11.7. The Morgan fingerprint density at radius 1 is 1.14 bits per heavy atom. The maximum atomic E-state index is 12.8. The highest BCUT2D eigenvalue weighted by molar-refractivity contribution is 7.20. The maximum Gasteiger partial charge on any atom is 0.204 e. The van der Waals surface area contributed by atoms with Crippen LogP contribution in [-0.2, 0) is 11.3 Å². The Morgan fingerprint density at radius 3 is 2.57 bits per heavy atom. The SMILES string of the molecule is CC.Cc1cc2cc(C(=O)c3ccccc3Cl)sc2n1CCN1CCOCC1. The van der Waals surface area contributed by atoms with E-state index < -0.39 is 0 Å². The van der Waals surface area contributed by atoms with Gasteiger partial charge in [0.25, 0.3) is 0 Å². The summed E-state index contributed by atoms with van der Waals surface area (Å²) in [6, 6.07) is 11.4. The van der Waals surface area contributed by atoms with E-state index in [1.165, 1.54) is 5.69 Å². The van der Waals surface area contributed by atoms with E-state index in [0.717, 1.165) is 54.5 Å². The summed E-state index contributed by atoms with van der Waals surface area (Å²) in [7, 11) is 0. The van der Waals surface area contributed by atoms with Crippen molar-refractivity contribution in [2.75, 3.05) is 32.8 Å². The Bertz CT molecular complexity index is 941. The van der Waals surface area contributed by atoms with E-state index in [9.17, 15) is 4.79 Å². The van der Waals surface area contributed by atoms with Crippen molar-refractivity contribution in [2.24, 2.45) is 0 Å². The van der Waals surface area contributed by atoms with Gasteiger partial charge in [-0.3, -0.25) is 9.69 Å². The van der Waals surface area contributed by atoms with Crippen molar-refractivity contribution in [3.8, 4) is 0 Å². The molecule has 2 aromatic heterocycles. The van der Waals surface area contributed by atoms with Crippen molar-refractivity contribution < 1.29 is 9.53 Å². The first-order valence-corrected chi connectivity index (χ1v) is 11.0. The van der Waals surface area contributed by atoms with E-state index >= 15 is 0 Å². The zero-order chi connectivity index (χ0) is 20.1. The second-order valence-electron chi connectivity index (χ2n) is 6.57. The summed E-state index contributed by atoms with van der Waals surface area (Å²) in [5.41, 5.74) is 1.80. The number of carbonyl (C=O) groups is 1. The zero-order valence-electron chi connectivity index (χ0n) is 16.7. The molecule has 0 amide bonds. The fourth-order valence-corrected chi connectivity index (χ4v) is 4.81. The van der Waals surface area contributed by atoms with Crippen molar-refractivity contribution in [1.29, 1.82) is 0 Å². The highest BCUT2D eigenvalue weighted by Crippen LogP contribution is 2.31. The molecule has 0 unspecified atom stereocenters. The predicted octanol–water partition coefficient (Wildman–Crippen LogP) is 5.25. The van der Waals surface area contributed by atoms with Crippen LogP contribution >= 0.6 is 22.9 Å². The number of rotatable bonds is 5. The smallest absolute Gasteiger partial charge is 0.204 e. The molecular weight excluding hydrogens is 392 g/mol. The summed E-state index contributed by atoms with van der Waals surface area (Å²) in [5, 5.41) is 1.63. The minimum Gasteiger partial charge on any atom is -0.379 e. The first kappa shape index (κ1) is 21.1. The molecule has 0 aliphatic carbocycles. The lowest BCUT2D eigenvalue weighted by Crippen LogP contribution is -2.38. The molecule has 1 saturated heterocycles. The quantitative estimate of drug-likeness (QED) is 0.530. The van der Waals surface area contributed by atoms with Gasteiger partial charge in [0, 0.05) is 42.8 Å². The lowest BCUT2D eigenvalue weighted by atomic mass is 10.1. The van der Waals surface area contributed by atoms with E-state index in [2.05, 4.69) is 22.5 Å². The molecule has 3 heterocycles. The minimum absolute atomic E-state index is 0.00539. The van der Waals surface area contributed by atoms with Crippen molar-refractivity contribution in [1.82, 2.24) is 9.47 Å². The molecular formula is C22H27ClN2O2S. The van der Waals surface area contributed by atoms with Gasteiger partial charge in [-0.25, -0.2) is 0 Å². The topological polar surface area (TPSA) is 34.5 Å². The predicted molar refractivity (Wildman–Crippen MR) is 118 cm³/mol. The van der Waals surface area contributed by atoms with Gasteiger partial charge in [-0.15, -0.1) is 11.3 Å². The fraction of sp³-hybridized carbons (Fsp3) is 0.409. The van der Waals surface area contributed by atoms with Crippen LogP contribution in [0.5, 0.6) is 0 Å². The zero-order valence-corrected chi connectivity index (χ0v) is 18.3. The summed E-state index contributed by atoms with van der Waals surface area (Å²) in [6.07, 6.45) is 0. The molecule has 1 aliphatic heterocycles. The van der Waals surface area contributed by atoms with Crippen LogP contribution in [0, 0.1) is 6.92 Å². The number of thiophene rings is 1. The molecule has 4 nitrogen and oxygen atoms in total. The van der Waals surface area contributed by atoms with E-state index in [1.54, 1.807) is 23.5 Å². The van der Waals surface area contributed by atoms with Gasteiger partial charge in [0.15, 0.2) is 0 Å². The van der Waals surface area contributed by atoms with Crippen molar-refractivity contribution in [3.63, 3.8) is 0 Å². The molecule has 6 heteroatoms. The Balaban J connectivity index is 0.00000109. The normalized spacial score (nSPS) is 14.7. The van der Waals surface area contributed by atoms with Gasteiger partial charge < -0.3 is 9.30 Å². The second-order valence-corrected chi connectivity index (χ2v) is 8.01. The lowest BCUT2D eigenvalue weighted by molar-refractivity contribution is 0.0365. The van der Waals surface area contributed by atoms with Crippen LogP contribution in [0.4, 0.5) is 0 Å². The van der Waals surface area contributed by atoms with Gasteiger partial charge >= 0.3 is 0 Å². The molecule has 0 bridgehead atoms. The first-order valence-electron chi connectivity index (χ1n) is 9.82. The number of aromatic nitrogens is 1. The second kappa shape index (κ2) is 9.70. The monoisotopic (exact) mass is 418 g/mol. The number of carbonyl (C=O) groups excluding carboxylic acids is 1. The molecule has 0 radical (unpaired) electrons. The number of morpholine rings is 1. The Kier molecular flexibility index (Phi) is 7.30. The largest absolute Gasteiger partial charge is 0.379 e. The maximum absolute atomic E-state index is 12.8. The molecule has 1 fully saturated rings. The Hall–Kier alpha value is -1.66. The molecule has 0 spiro atoms. The summed E-state index contributed by atoms with van der Waals surface area (Å²) in [4.78, 5) is 17.2. The number of ketones is 1. The van der Waals surface area contributed by atoms with Gasteiger partial charge in [-0.2, -0.15) is 0 Å². The Labute approximate surface area is 175 Å². The van der Waals surface area contributed by atoms with Crippen LogP contribution in [0.25, 0.3) is 10.2 Å². The van der Waals surface area contributed by atoms with E-state index in [0.29, 0.717) is 10.6 Å². The number of fused-ring (bicyclic) bond motifs is 1. The highest BCUT2D eigenvalue weighted by Gasteiger charge is 2.18. The average molecular weight is 419 g/mol. The summed E-state index contributed by atoms with van der Waals surface area (Å²) in [5.74, 6) is -0.00539. The number of halogens is 1. The van der Waals surface area contributed by atoms with Crippen LogP contribution in [-0.4, -0.2) is 48.1 Å². The van der Waals surface area contributed by atoms with Crippen molar-refractivity contribution in [2.45, 2.75) is 27.3 Å². The van der Waals surface area contributed by atoms with E-state index in [1.807, 2.05) is 32.0 Å². The third-order valence-electron chi connectivity index (χ3n) is 4.86. The standard InChI is InChI=1S/C20H21ClN2O2S.C2H6/c1-14-12-15-13-18(19(24)16-4-2-3-5-17(16)21)26-20(15)23(14)7-6-22-8-10-25-11-9-22;1-2/h2-5,12-13H,6-11H2,1H3;1-2H3. The molecule has 1 aromatic carbocycles. The van der Waals surface area contributed by atoms with Gasteiger partial charge in [0.05, 0.1) is 23.1 Å². The third-order valence-corrected chi connectivity index (χ3v) is 6.36. The lowest BCUT2D eigenvalue weighted by Gasteiger charge is -2.26. The fourth-order valence-electron chi connectivity index (χ4n) is 3.41. The van der Waals surface area contributed by atoms with Gasteiger partial charge in [-0.1, -0.05) is 37.6 Å². The van der Waals surface area contributed by atoms with Crippen LogP contribution in [0.1, 0.15) is 34.8 Å². The summed E-state index contributed by atoms with van der Waals surface area (Å²) >= 11 is 7.75. The van der Waals surface area contributed by atoms with Crippen LogP contribution < -0.4 is 0 Å². The average Bonchev–Trinajstić information content (AvgIpc) is 3.26. The first-order chi connectivity index (χ1) is 13.6. The molecule has 3 aromatic rings. The number of hydrogen-bond donors (Lipinski definition) is 0. The van der Waals surface area contributed by atoms with Gasteiger partial charge in [-0.05, 0) is 31.2 Å². The number of hydrogen-bond acceptors (Lipinski definition) is 4. The molecule has 4 rings (SSSR count). The van der Waals surface area contributed by atoms with E-state index in [-0.39, 0.29) is 5.78 Å². The highest BCUT2D eigenvalue weighted by atomic mass is 35.5. The summed E-state index contributed by atoms with van der Waals surface area (Å²) < 4.78 is 7.74. The number of nitrogens with zero attached hydrogens (tertiary/aromatic N) is 2. The van der Waals surface area contributed by atoms with Crippen molar-refractivity contribution in [3.05, 3.63) is 57.6 Å². The number of benzene rings is 1. The van der Waals surface area contributed by atoms with Crippen LogP contribution in [0.3, 0.4) is 0 Å². The van der Waals surface area contributed by atoms with Crippen LogP contribution in [0.15, 0.2) is 36.4 Å². The number of ether oxygens (including phenoxy) is 1.